The van der Waals surface area contributed by atoms with Crippen LogP contribution < -0.4 is 0 Å². The van der Waals surface area contributed by atoms with Crippen LogP contribution >= 0.6 is 0 Å². The van der Waals surface area contributed by atoms with Crippen molar-refractivity contribution in [2.24, 2.45) is 0 Å². The molecule has 0 aromatic heterocycles. The summed E-state index contributed by atoms with van der Waals surface area (Å²) in [5.74, 6) is -0.206. The smallest absolute Gasteiger partial charge is 0.306 e. The largest absolute Gasteiger partial charge is 0.469 e. The molecule has 0 aliphatic heterocycles. The number of rotatable bonds is 11. The second kappa shape index (κ2) is 11.6. The third kappa shape index (κ3) is 15.2. The molecule has 124 valence electrons. The third-order valence-corrected chi connectivity index (χ3v) is 3.16. The highest BCUT2D eigenvalue weighted by molar-refractivity contribution is 5.69. The van der Waals surface area contributed by atoms with E-state index in [0.717, 1.165) is 25.7 Å². The van der Waals surface area contributed by atoms with Crippen molar-refractivity contribution in [2.75, 3.05) is 7.11 Å². The molecule has 0 amide bonds. The van der Waals surface area contributed by atoms with Crippen LogP contribution in [0.4, 0.5) is 0 Å². The minimum atomic E-state index is -0.374. The number of ether oxygens (including phenoxy) is 2. The molecule has 0 fully saturated rings. The maximum atomic E-state index is 11.5. The Hall–Kier alpha value is -1.06. The highest BCUT2D eigenvalue weighted by Crippen LogP contribution is 2.13. The van der Waals surface area contributed by atoms with E-state index in [4.69, 9.17) is 4.74 Å². The Kier molecular flexibility index (Phi) is 11.0. The Labute approximate surface area is 129 Å². The van der Waals surface area contributed by atoms with Gasteiger partial charge in [-0.1, -0.05) is 38.5 Å². The van der Waals surface area contributed by atoms with Crippen molar-refractivity contribution in [2.45, 2.75) is 90.6 Å². The van der Waals surface area contributed by atoms with Crippen LogP contribution in [0.3, 0.4) is 0 Å². The predicted molar refractivity (Wildman–Crippen MR) is 84.0 cm³/mol. The topological polar surface area (TPSA) is 52.6 Å². The lowest BCUT2D eigenvalue weighted by Crippen LogP contribution is -2.23. The van der Waals surface area contributed by atoms with Gasteiger partial charge in [0.25, 0.3) is 0 Å². The van der Waals surface area contributed by atoms with Gasteiger partial charge in [0.05, 0.1) is 7.11 Å². The van der Waals surface area contributed by atoms with Gasteiger partial charge in [-0.05, 0) is 33.6 Å². The number of methoxy groups -OCH3 is 1. The van der Waals surface area contributed by atoms with Gasteiger partial charge in [0.2, 0.25) is 0 Å². The lowest BCUT2D eigenvalue weighted by Gasteiger charge is -2.19. The van der Waals surface area contributed by atoms with Crippen molar-refractivity contribution < 1.29 is 19.1 Å². The van der Waals surface area contributed by atoms with Crippen LogP contribution in [-0.2, 0) is 19.1 Å². The minimum Gasteiger partial charge on any atom is -0.469 e. The van der Waals surface area contributed by atoms with E-state index in [9.17, 15) is 9.59 Å². The molecule has 0 aromatic rings. The summed E-state index contributed by atoms with van der Waals surface area (Å²) < 4.78 is 9.86. The van der Waals surface area contributed by atoms with Crippen molar-refractivity contribution in [3.63, 3.8) is 0 Å². The maximum absolute atomic E-state index is 11.5. The van der Waals surface area contributed by atoms with Crippen molar-refractivity contribution in [3.05, 3.63) is 0 Å². The molecular weight excluding hydrogens is 268 g/mol. The molecule has 0 atom stereocenters. The molecule has 0 aliphatic rings. The number of hydrogen-bond acceptors (Lipinski definition) is 4. The molecule has 4 heteroatoms. The molecule has 0 heterocycles. The van der Waals surface area contributed by atoms with Gasteiger partial charge in [0.15, 0.2) is 0 Å². The summed E-state index contributed by atoms with van der Waals surface area (Å²) in [6.45, 7) is 5.68. The van der Waals surface area contributed by atoms with Crippen molar-refractivity contribution in [1.82, 2.24) is 0 Å². The third-order valence-electron chi connectivity index (χ3n) is 3.16. The normalized spacial score (nSPS) is 11.2. The fourth-order valence-corrected chi connectivity index (χ4v) is 2.09. The Morgan fingerprint density at radius 2 is 1.10 bits per heavy atom. The highest BCUT2D eigenvalue weighted by Gasteiger charge is 2.15. The minimum absolute atomic E-state index is 0.0923. The molecule has 0 radical (unpaired) electrons. The second-order valence-electron chi connectivity index (χ2n) is 6.49. The molecule has 0 saturated heterocycles. The van der Waals surface area contributed by atoms with E-state index in [1.54, 1.807) is 0 Å². The van der Waals surface area contributed by atoms with Crippen LogP contribution in [0.25, 0.3) is 0 Å². The zero-order chi connectivity index (χ0) is 16.1. The van der Waals surface area contributed by atoms with Gasteiger partial charge < -0.3 is 9.47 Å². The zero-order valence-corrected chi connectivity index (χ0v) is 14.2. The quantitative estimate of drug-likeness (QED) is 0.419. The Balaban J connectivity index is 3.26. The van der Waals surface area contributed by atoms with Crippen LogP contribution in [-0.4, -0.2) is 24.6 Å². The van der Waals surface area contributed by atoms with E-state index in [1.807, 2.05) is 20.8 Å². The molecule has 0 spiro atoms. The van der Waals surface area contributed by atoms with Gasteiger partial charge in [0.1, 0.15) is 5.60 Å². The first-order chi connectivity index (χ1) is 9.85. The Morgan fingerprint density at radius 3 is 1.48 bits per heavy atom. The molecule has 21 heavy (non-hydrogen) atoms. The van der Waals surface area contributed by atoms with E-state index in [2.05, 4.69) is 4.74 Å². The van der Waals surface area contributed by atoms with Crippen LogP contribution in [0.15, 0.2) is 0 Å². The molecule has 4 nitrogen and oxygen atoms in total. The summed E-state index contributed by atoms with van der Waals surface area (Å²) in [6.07, 6.45) is 9.81. The first-order valence-electron chi connectivity index (χ1n) is 8.14. The number of carbonyl (C=O) groups is 2. The van der Waals surface area contributed by atoms with Crippen molar-refractivity contribution in [1.29, 1.82) is 0 Å². The SMILES string of the molecule is COC(=O)CCCCCCCCCCC(=O)OC(C)(C)C. The molecular formula is C17H32O4. The lowest BCUT2D eigenvalue weighted by atomic mass is 10.1. The molecule has 0 aliphatic carbocycles. The molecule has 0 rings (SSSR count). The van der Waals surface area contributed by atoms with Gasteiger partial charge in [-0.2, -0.15) is 0 Å². The fraction of sp³-hybridized carbons (Fsp3) is 0.882. The summed E-state index contributed by atoms with van der Waals surface area (Å²) in [6, 6.07) is 0. The van der Waals surface area contributed by atoms with Gasteiger partial charge >= 0.3 is 11.9 Å². The zero-order valence-electron chi connectivity index (χ0n) is 14.2. The lowest BCUT2D eigenvalue weighted by molar-refractivity contribution is -0.155. The van der Waals surface area contributed by atoms with E-state index >= 15 is 0 Å². The Bertz CT molecular complexity index is 292. The average molecular weight is 300 g/mol. The second-order valence-corrected chi connectivity index (χ2v) is 6.49. The van der Waals surface area contributed by atoms with Crippen molar-refractivity contribution >= 4 is 11.9 Å². The standard InChI is InChI=1S/C17H32O4/c1-17(2,3)21-16(19)14-12-10-8-6-5-7-9-11-13-15(18)20-4/h5-14H2,1-4H3. The van der Waals surface area contributed by atoms with Crippen LogP contribution in [0.1, 0.15) is 85.0 Å². The summed E-state index contributed by atoms with van der Waals surface area (Å²) in [5, 5.41) is 0. The van der Waals surface area contributed by atoms with E-state index in [-0.39, 0.29) is 17.5 Å². The van der Waals surface area contributed by atoms with Gasteiger partial charge in [-0.25, -0.2) is 0 Å². The highest BCUT2D eigenvalue weighted by atomic mass is 16.6. The van der Waals surface area contributed by atoms with E-state index in [1.165, 1.54) is 32.8 Å². The molecule has 0 bridgehead atoms. The number of esters is 2. The molecule has 0 saturated carbocycles. The predicted octanol–water partition coefficient (Wildman–Crippen LogP) is 4.40. The van der Waals surface area contributed by atoms with Crippen LogP contribution in [0.2, 0.25) is 0 Å². The van der Waals surface area contributed by atoms with Gasteiger partial charge in [0, 0.05) is 12.8 Å². The van der Waals surface area contributed by atoms with Crippen LogP contribution in [0, 0.1) is 0 Å². The van der Waals surface area contributed by atoms with E-state index < -0.39 is 0 Å². The summed E-state index contributed by atoms with van der Waals surface area (Å²) in [5.41, 5.74) is -0.374. The van der Waals surface area contributed by atoms with Crippen molar-refractivity contribution in [3.8, 4) is 0 Å². The fourth-order valence-electron chi connectivity index (χ4n) is 2.09. The molecule has 0 N–H and O–H groups in total. The number of hydrogen-bond donors (Lipinski definition) is 0. The van der Waals surface area contributed by atoms with E-state index in [0.29, 0.717) is 12.8 Å². The monoisotopic (exact) mass is 300 g/mol. The summed E-state index contributed by atoms with van der Waals surface area (Å²) >= 11 is 0. The molecule has 0 aromatic carbocycles. The first-order valence-corrected chi connectivity index (χ1v) is 8.14. The van der Waals surface area contributed by atoms with Crippen LogP contribution in [0.5, 0.6) is 0 Å². The van der Waals surface area contributed by atoms with Gasteiger partial charge in [-0.15, -0.1) is 0 Å². The summed E-state index contributed by atoms with van der Waals surface area (Å²) in [7, 11) is 1.43. The maximum Gasteiger partial charge on any atom is 0.306 e. The number of unbranched alkanes of at least 4 members (excludes halogenated alkanes) is 7. The summed E-state index contributed by atoms with van der Waals surface area (Å²) in [4.78, 5) is 22.4. The molecule has 0 unspecified atom stereocenters. The first kappa shape index (κ1) is 19.9. The average Bonchev–Trinajstić information content (AvgIpc) is 2.38. The Morgan fingerprint density at radius 1 is 0.714 bits per heavy atom. The van der Waals surface area contributed by atoms with Gasteiger partial charge in [-0.3, -0.25) is 9.59 Å². The number of carbonyl (C=O) groups excluding carboxylic acids is 2.